The molecule has 0 bridgehead atoms. The molecule has 1 aromatic rings. The molecule has 1 amide bonds. The molecule has 0 unspecified atom stereocenters. The maximum atomic E-state index is 13.4. The molecule has 1 aliphatic carbocycles. The summed E-state index contributed by atoms with van der Waals surface area (Å²) in [5.41, 5.74) is 5.29. The Labute approximate surface area is 111 Å². The second-order valence-electron chi connectivity index (χ2n) is 5.09. The number of amides is 1. The van der Waals surface area contributed by atoms with E-state index in [2.05, 4.69) is 5.32 Å². The molecule has 3 nitrogen and oxygen atoms in total. The van der Waals surface area contributed by atoms with E-state index < -0.39 is 23.1 Å². The lowest BCUT2D eigenvalue weighted by Gasteiger charge is -2.26. The minimum atomic E-state index is -0.830. The summed E-state index contributed by atoms with van der Waals surface area (Å²) in [6.07, 6.45) is 3.77. The van der Waals surface area contributed by atoms with Gasteiger partial charge < -0.3 is 11.1 Å². The highest BCUT2D eigenvalue weighted by molar-refractivity contribution is 5.94. The standard InChI is InChI=1S/C14H18F2N2O/c15-11-2-1-3-12(16)13(11)14(19)18-8-9-4-6-10(17)7-5-9/h1-3,9-10H,4-8,17H2,(H,18,19). The lowest BCUT2D eigenvalue weighted by atomic mass is 9.86. The van der Waals surface area contributed by atoms with Crippen LogP contribution < -0.4 is 11.1 Å². The third-order valence-electron chi connectivity index (χ3n) is 3.63. The van der Waals surface area contributed by atoms with Gasteiger partial charge in [-0.3, -0.25) is 4.79 Å². The zero-order valence-electron chi connectivity index (χ0n) is 10.7. The summed E-state index contributed by atoms with van der Waals surface area (Å²) in [6, 6.07) is 3.65. The van der Waals surface area contributed by atoms with Gasteiger partial charge in [0, 0.05) is 12.6 Å². The molecule has 5 heteroatoms. The molecule has 0 aromatic heterocycles. The van der Waals surface area contributed by atoms with Crippen LogP contribution in [0.15, 0.2) is 18.2 Å². The Kier molecular flexibility index (Phi) is 4.47. The van der Waals surface area contributed by atoms with Crippen molar-refractivity contribution in [2.45, 2.75) is 31.7 Å². The number of carbonyl (C=O) groups excluding carboxylic acids is 1. The largest absolute Gasteiger partial charge is 0.352 e. The summed E-state index contributed by atoms with van der Waals surface area (Å²) in [6.45, 7) is 0.444. The molecule has 2 rings (SSSR count). The van der Waals surface area contributed by atoms with Crippen molar-refractivity contribution < 1.29 is 13.6 Å². The maximum absolute atomic E-state index is 13.4. The van der Waals surface area contributed by atoms with Crippen LogP contribution in [0.25, 0.3) is 0 Å². The predicted molar refractivity (Wildman–Crippen MR) is 68.6 cm³/mol. The van der Waals surface area contributed by atoms with Gasteiger partial charge in [-0.15, -0.1) is 0 Å². The fourth-order valence-corrected chi connectivity index (χ4v) is 2.43. The molecule has 0 spiro atoms. The van der Waals surface area contributed by atoms with Gasteiger partial charge in [0.25, 0.3) is 5.91 Å². The van der Waals surface area contributed by atoms with Gasteiger partial charge in [0.15, 0.2) is 0 Å². The Bertz CT molecular complexity index is 437. The fourth-order valence-electron chi connectivity index (χ4n) is 2.43. The predicted octanol–water partition coefficient (Wildman–Crippen LogP) is 2.21. The Morgan fingerprint density at radius 1 is 1.21 bits per heavy atom. The summed E-state index contributed by atoms with van der Waals surface area (Å²) in [5, 5.41) is 2.61. The van der Waals surface area contributed by atoms with Gasteiger partial charge in [0.1, 0.15) is 17.2 Å². The van der Waals surface area contributed by atoms with Crippen molar-refractivity contribution in [2.24, 2.45) is 11.7 Å². The number of rotatable bonds is 3. The maximum Gasteiger partial charge on any atom is 0.257 e. The zero-order chi connectivity index (χ0) is 13.8. The molecule has 0 atom stereocenters. The van der Waals surface area contributed by atoms with Crippen LogP contribution in [0.2, 0.25) is 0 Å². The number of hydrogen-bond donors (Lipinski definition) is 2. The lowest BCUT2D eigenvalue weighted by Crippen LogP contribution is -2.34. The smallest absolute Gasteiger partial charge is 0.257 e. The second-order valence-corrected chi connectivity index (χ2v) is 5.09. The molecule has 104 valence electrons. The van der Waals surface area contributed by atoms with Gasteiger partial charge in [-0.2, -0.15) is 0 Å². The molecule has 0 heterocycles. The number of halogens is 2. The highest BCUT2D eigenvalue weighted by Crippen LogP contribution is 2.22. The monoisotopic (exact) mass is 268 g/mol. The minimum absolute atomic E-state index is 0.246. The lowest BCUT2D eigenvalue weighted by molar-refractivity contribution is 0.0934. The van der Waals surface area contributed by atoms with E-state index in [-0.39, 0.29) is 6.04 Å². The minimum Gasteiger partial charge on any atom is -0.352 e. The van der Waals surface area contributed by atoms with E-state index >= 15 is 0 Å². The molecule has 1 aromatic carbocycles. The molecule has 3 N–H and O–H groups in total. The summed E-state index contributed by atoms with van der Waals surface area (Å²) >= 11 is 0. The Morgan fingerprint density at radius 2 is 1.79 bits per heavy atom. The van der Waals surface area contributed by atoms with Crippen molar-refractivity contribution in [3.63, 3.8) is 0 Å². The quantitative estimate of drug-likeness (QED) is 0.883. The average Bonchev–Trinajstić information content (AvgIpc) is 2.38. The number of nitrogens with one attached hydrogen (secondary N) is 1. The molecular formula is C14H18F2N2O. The van der Waals surface area contributed by atoms with Gasteiger partial charge >= 0.3 is 0 Å². The first kappa shape index (κ1) is 13.9. The van der Waals surface area contributed by atoms with Crippen LogP contribution in [0.1, 0.15) is 36.0 Å². The Morgan fingerprint density at radius 3 is 2.37 bits per heavy atom. The van der Waals surface area contributed by atoms with E-state index in [0.717, 1.165) is 37.8 Å². The third-order valence-corrected chi connectivity index (χ3v) is 3.63. The van der Waals surface area contributed by atoms with E-state index in [0.29, 0.717) is 12.5 Å². The van der Waals surface area contributed by atoms with Gasteiger partial charge in [0.05, 0.1) is 0 Å². The summed E-state index contributed by atoms with van der Waals surface area (Å²) in [5.74, 6) is -2.00. The topological polar surface area (TPSA) is 55.1 Å². The van der Waals surface area contributed by atoms with E-state index in [1.54, 1.807) is 0 Å². The number of carbonyl (C=O) groups is 1. The SMILES string of the molecule is NC1CCC(CNC(=O)c2c(F)cccc2F)CC1. The Balaban J connectivity index is 1.91. The van der Waals surface area contributed by atoms with E-state index in [1.165, 1.54) is 6.07 Å². The van der Waals surface area contributed by atoms with Crippen molar-refractivity contribution in [2.75, 3.05) is 6.54 Å². The fraction of sp³-hybridized carbons (Fsp3) is 0.500. The second kappa shape index (κ2) is 6.10. The van der Waals surface area contributed by atoms with Crippen LogP contribution in [-0.4, -0.2) is 18.5 Å². The first-order valence-electron chi connectivity index (χ1n) is 6.55. The van der Waals surface area contributed by atoms with Crippen LogP contribution in [0.3, 0.4) is 0 Å². The van der Waals surface area contributed by atoms with Crippen molar-refractivity contribution in [1.29, 1.82) is 0 Å². The highest BCUT2D eigenvalue weighted by Gasteiger charge is 2.21. The van der Waals surface area contributed by atoms with Gasteiger partial charge in [-0.1, -0.05) is 6.07 Å². The molecule has 0 radical (unpaired) electrons. The molecule has 19 heavy (non-hydrogen) atoms. The van der Waals surface area contributed by atoms with Crippen LogP contribution >= 0.6 is 0 Å². The molecule has 0 aliphatic heterocycles. The Hall–Kier alpha value is -1.49. The summed E-state index contributed by atoms with van der Waals surface area (Å²) < 4.78 is 26.8. The zero-order valence-corrected chi connectivity index (χ0v) is 10.7. The van der Waals surface area contributed by atoms with Crippen LogP contribution in [0, 0.1) is 17.6 Å². The van der Waals surface area contributed by atoms with Gasteiger partial charge in [-0.05, 0) is 43.7 Å². The van der Waals surface area contributed by atoms with E-state index in [4.69, 9.17) is 5.73 Å². The number of nitrogens with two attached hydrogens (primary N) is 1. The summed E-state index contributed by atoms with van der Waals surface area (Å²) in [4.78, 5) is 11.8. The van der Waals surface area contributed by atoms with E-state index in [9.17, 15) is 13.6 Å². The third kappa shape index (κ3) is 3.50. The van der Waals surface area contributed by atoms with Crippen molar-refractivity contribution in [3.8, 4) is 0 Å². The molecule has 1 saturated carbocycles. The summed E-state index contributed by atoms with van der Waals surface area (Å²) in [7, 11) is 0. The number of benzene rings is 1. The van der Waals surface area contributed by atoms with Gasteiger partial charge in [-0.25, -0.2) is 8.78 Å². The van der Waals surface area contributed by atoms with Crippen molar-refractivity contribution in [3.05, 3.63) is 35.4 Å². The molecule has 1 fully saturated rings. The molecular weight excluding hydrogens is 250 g/mol. The number of hydrogen-bond acceptors (Lipinski definition) is 2. The molecule has 0 saturated heterocycles. The average molecular weight is 268 g/mol. The van der Waals surface area contributed by atoms with E-state index in [1.807, 2.05) is 0 Å². The van der Waals surface area contributed by atoms with Gasteiger partial charge in [0.2, 0.25) is 0 Å². The van der Waals surface area contributed by atoms with Crippen LogP contribution in [-0.2, 0) is 0 Å². The first-order valence-corrected chi connectivity index (χ1v) is 6.55. The first-order chi connectivity index (χ1) is 9.08. The van der Waals surface area contributed by atoms with Crippen LogP contribution in [0.5, 0.6) is 0 Å². The highest BCUT2D eigenvalue weighted by atomic mass is 19.1. The normalized spacial score (nSPS) is 23.1. The van der Waals surface area contributed by atoms with Crippen molar-refractivity contribution in [1.82, 2.24) is 5.32 Å². The van der Waals surface area contributed by atoms with Crippen molar-refractivity contribution >= 4 is 5.91 Å². The molecule has 1 aliphatic rings. The van der Waals surface area contributed by atoms with Crippen LogP contribution in [0.4, 0.5) is 8.78 Å².